The lowest BCUT2D eigenvalue weighted by molar-refractivity contribution is 0.964. The molecule has 20 heavy (non-hydrogen) atoms. The van der Waals surface area contributed by atoms with Gasteiger partial charge in [-0.15, -0.1) is 11.6 Å². The van der Waals surface area contributed by atoms with Crippen LogP contribution >= 0.6 is 11.6 Å². The predicted octanol–water partition coefficient (Wildman–Crippen LogP) is 4.03. The van der Waals surface area contributed by atoms with Crippen LogP contribution in [0.2, 0.25) is 0 Å². The molecule has 0 aliphatic heterocycles. The van der Waals surface area contributed by atoms with Gasteiger partial charge in [-0.25, -0.2) is 9.97 Å². The Kier molecular flexibility index (Phi) is 3.45. The first-order chi connectivity index (χ1) is 9.72. The number of alkyl halides is 1. The second-order valence-corrected chi connectivity index (χ2v) is 5.14. The molecule has 0 fully saturated rings. The van der Waals surface area contributed by atoms with E-state index in [-0.39, 0.29) is 0 Å². The summed E-state index contributed by atoms with van der Waals surface area (Å²) < 4.78 is 2.04. The zero-order valence-corrected chi connectivity index (χ0v) is 12.4. The van der Waals surface area contributed by atoms with Gasteiger partial charge in [0.05, 0.1) is 5.88 Å². The Bertz CT molecular complexity index is 762. The third-order valence-corrected chi connectivity index (χ3v) is 3.64. The molecule has 0 aliphatic rings. The number of hydrogen-bond acceptors (Lipinski definition) is 2. The molecule has 2 aromatic heterocycles. The van der Waals surface area contributed by atoms with Crippen molar-refractivity contribution in [2.75, 3.05) is 0 Å². The van der Waals surface area contributed by atoms with Gasteiger partial charge in [-0.05, 0) is 42.7 Å². The number of halogens is 1. The first-order valence-corrected chi connectivity index (χ1v) is 7.25. The van der Waals surface area contributed by atoms with Crippen molar-refractivity contribution in [3.8, 4) is 5.69 Å². The maximum absolute atomic E-state index is 6.06. The van der Waals surface area contributed by atoms with E-state index in [0.29, 0.717) is 5.88 Å². The van der Waals surface area contributed by atoms with E-state index in [1.807, 2.05) is 23.8 Å². The van der Waals surface area contributed by atoms with Crippen molar-refractivity contribution in [2.45, 2.75) is 26.1 Å². The topological polar surface area (TPSA) is 30.7 Å². The summed E-state index contributed by atoms with van der Waals surface area (Å²) in [6.45, 7) is 4.17. The summed E-state index contributed by atoms with van der Waals surface area (Å²) in [6.07, 6.45) is 2.87. The maximum atomic E-state index is 6.06. The molecule has 0 saturated carbocycles. The average Bonchev–Trinajstić information content (AvgIpc) is 2.84. The largest absolute Gasteiger partial charge is 0.280 e. The minimum Gasteiger partial charge on any atom is -0.280 e. The van der Waals surface area contributed by atoms with Crippen LogP contribution in [-0.2, 0) is 12.3 Å². The summed E-state index contributed by atoms with van der Waals surface area (Å²) >= 11 is 6.06. The van der Waals surface area contributed by atoms with Crippen molar-refractivity contribution in [1.29, 1.82) is 0 Å². The van der Waals surface area contributed by atoms with Gasteiger partial charge in [0.2, 0.25) is 0 Å². The number of fused-ring (bicyclic) bond motifs is 1. The summed E-state index contributed by atoms with van der Waals surface area (Å²) in [5, 5.41) is 0. The molecule has 0 aliphatic carbocycles. The Morgan fingerprint density at radius 3 is 2.85 bits per heavy atom. The number of benzene rings is 1. The lowest BCUT2D eigenvalue weighted by Gasteiger charge is -2.08. The van der Waals surface area contributed by atoms with Gasteiger partial charge in [-0.2, -0.15) is 0 Å². The Morgan fingerprint density at radius 1 is 1.25 bits per heavy atom. The van der Waals surface area contributed by atoms with Crippen LogP contribution in [0, 0.1) is 6.92 Å². The second kappa shape index (κ2) is 5.25. The molecule has 0 N–H and O–H groups in total. The van der Waals surface area contributed by atoms with Gasteiger partial charge in [0, 0.05) is 11.9 Å². The zero-order valence-electron chi connectivity index (χ0n) is 11.6. The Morgan fingerprint density at radius 2 is 2.10 bits per heavy atom. The summed E-state index contributed by atoms with van der Waals surface area (Å²) in [5.74, 6) is 1.19. The van der Waals surface area contributed by atoms with Crippen molar-refractivity contribution in [2.24, 2.45) is 0 Å². The first kappa shape index (κ1) is 13.1. The Labute approximate surface area is 123 Å². The van der Waals surface area contributed by atoms with Gasteiger partial charge >= 0.3 is 0 Å². The maximum Gasteiger partial charge on any atom is 0.164 e. The highest BCUT2D eigenvalue weighted by Gasteiger charge is 2.13. The molecule has 0 unspecified atom stereocenters. The quantitative estimate of drug-likeness (QED) is 0.680. The summed E-state index contributed by atoms with van der Waals surface area (Å²) in [4.78, 5) is 9.12. The number of rotatable bonds is 3. The fourth-order valence-corrected chi connectivity index (χ4v) is 2.57. The fraction of sp³-hybridized carbons (Fsp3) is 0.250. The monoisotopic (exact) mass is 285 g/mol. The van der Waals surface area contributed by atoms with Gasteiger partial charge in [0.1, 0.15) is 11.3 Å². The SMILES string of the molecule is CCc1cccc(-n2c(CCl)nc3cc(C)cnc32)c1. The highest BCUT2D eigenvalue weighted by atomic mass is 35.5. The molecule has 0 bridgehead atoms. The van der Waals surface area contributed by atoms with Crippen LogP contribution in [0.4, 0.5) is 0 Å². The van der Waals surface area contributed by atoms with E-state index in [9.17, 15) is 0 Å². The smallest absolute Gasteiger partial charge is 0.164 e. The Balaban J connectivity index is 2.28. The molecule has 3 nitrogen and oxygen atoms in total. The number of nitrogens with zero attached hydrogens (tertiary/aromatic N) is 3. The van der Waals surface area contributed by atoms with Crippen LogP contribution in [-0.4, -0.2) is 14.5 Å². The third-order valence-electron chi connectivity index (χ3n) is 3.40. The number of imidazole rings is 1. The molecule has 0 saturated heterocycles. The van der Waals surface area contributed by atoms with E-state index in [4.69, 9.17) is 11.6 Å². The minimum atomic E-state index is 0.367. The van der Waals surface area contributed by atoms with Crippen LogP contribution in [0.3, 0.4) is 0 Å². The molecule has 1 aromatic carbocycles. The molecular weight excluding hydrogens is 270 g/mol. The molecule has 0 spiro atoms. The first-order valence-electron chi connectivity index (χ1n) is 6.72. The zero-order chi connectivity index (χ0) is 14.1. The average molecular weight is 286 g/mol. The van der Waals surface area contributed by atoms with Gasteiger partial charge in [-0.1, -0.05) is 19.1 Å². The number of aryl methyl sites for hydroxylation is 2. The van der Waals surface area contributed by atoms with Crippen LogP contribution in [0.15, 0.2) is 36.5 Å². The van der Waals surface area contributed by atoms with Gasteiger partial charge < -0.3 is 0 Å². The molecule has 0 amide bonds. The second-order valence-electron chi connectivity index (χ2n) is 4.88. The van der Waals surface area contributed by atoms with Crippen molar-refractivity contribution in [3.05, 3.63) is 53.5 Å². The van der Waals surface area contributed by atoms with E-state index in [1.165, 1.54) is 5.56 Å². The molecular formula is C16H16ClN3. The number of pyridine rings is 1. The standard InChI is InChI=1S/C16H16ClN3/c1-3-12-5-4-6-13(8-12)20-15(9-17)19-14-7-11(2)10-18-16(14)20/h4-8,10H,3,9H2,1-2H3. The van der Waals surface area contributed by atoms with E-state index in [0.717, 1.165) is 34.7 Å². The van der Waals surface area contributed by atoms with Crippen molar-refractivity contribution >= 4 is 22.8 Å². The molecule has 0 radical (unpaired) electrons. The third kappa shape index (κ3) is 2.18. The van der Waals surface area contributed by atoms with E-state index in [1.54, 1.807) is 0 Å². The van der Waals surface area contributed by atoms with Crippen LogP contribution < -0.4 is 0 Å². The van der Waals surface area contributed by atoms with Crippen molar-refractivity contribution in [1.82, 2.24) is 14.5 Å². The van der Waals surface area contributed by atoms with Crippen LogP contribution in [0.5, 0.6) is 0 Å². The number of hydrogen-bond donors (Lipinski definition) is 0. The molecule has 4 heteroatoms. The van der Waals surface area contributed by atoms with Crippen molar-refractivity contribution in [3.63, 3.8) is 0 Å². The summed E-state index contributed by atoms with van der Waals surface area (Å²) in [7, 11) is 0. The van der Waals surface area contributed by atoms with Crippen LogP contribution in [0.25, 0.3) is 16.9 Å². The highest BCUT2D eigenvalue weighted by Crippen LogP contribution is 2.22. The highest BCUT2D eigenvalue weighted by molar-refractivity contribution is 6.16. The van der Waals surface area contributed by atoms with Gasteiger partial charge in [-0.3, -0.25) is 4.57 Å². The van der Waals surface area contributed by atoms with E-state index < -0.39 is 0 Å². The molecule has 2 heterocycles. The predicted molar refractivity (Wildman–Crippen MR) is 82.5 cm³/mol. The Hall–Kier alpha value is -1.87. The van der Waals surface area contributed by atoms with Gasteiger partial charge in [0.15, 0.2) is 5.65 Å². The normalized spacial score (nSPS) is 11.2. The van der Waals surface area contributed by atoms with E-state index in [2.05, 4.69) is 41.2 Å². The molecule has 0 atom stereocenters. The van der Waals surface area contributed by atoms with Crippen LogP contribution in [0.1, 0.15) is 23.9 Å². The lowest BCUT2D eigenvalue weighted by Crippen LogP contribution is -2.01. The summed E-state index contributed by atoms with van der Waals surface area (Å²) in [5.41, 5.74) is 5.21. The minimum absolute atomic E-state index is 0.367. The van der Waals surface area contributed by atoms with Crippen molar-refractivity contribution < 1.29 is 0 Å². The molecule has 102 valence electrons. The van der Waals surface area contributed by atoms with Gasteiger partial charge in [0.25, 0.3) is 0 Å². The number of aromatic nitrogens is 3. The molecule has 3 rings (SSSR count). The fourth-order valence-electron chi connectivity index (χ4n) is 2.39. The van der Waals surface area contributed by atoms with E-state index >= 15 is 0 Å². The summed E-state index contributed by atoms with van der Waals surface area (Å²) in [6, 6.07) is 10.5. The molecule has 3 aromatic rings. The lowest BCUT2D eigenvalue weighted by atomic mass is 10.1.